The van der Waals surface area contributed by atoms with Gasteiger partial charge >= 0.3 is 0 Å². The van der Waals surface area contributed by atoms with Crippen LogP contribution in [0.2, 0.25) is 0 Å². The molecule has 0 bridgehead atoms. The Kier molecular flexibility index (Phi) is 2.61. The molecule has 1 fully saturated rings. The number of nitrogens with two attached hydrogens (primary N) is 1. The van der Waals surface area contributed by atoms with Crippen molar-refractivity contribution in [2.45, 2.75) is 23.7 Å². The predicted octanol–water partition coefficient (Wildman–Crippen LogP) is 0.856. The summed E-state index contributed by atoms with van der Waals surface area (Å²) >= 11 is 1.89. The molecule has 0 aliphatic heterocycles. The minimum absolute atomic E-state index is 0.266. The molecule has 1 rings (SSSR count). The van der Waals surface area contributed by atoms with E-state index in [1.165, 1.54) is 12.8 Å². The van der Waals surface area contributed by atoms with E-state index in [0.29, 0.717) is 11.3 Å². The van der Waals surface area contributed by atoms with E-state index in [2.05, 4.69) is 6.26 Å². The Balaban J connectivity index is 2.43. The summed E-state index contributed by atoms with van der Waals surface area (Å²) in [6.07, 6.45) is 4.94. The quantitative estimate of drug-likeness (QED) is 0.664. The van der Waals surface area contributed by atoms with Gasteiger partial charge in [-0.3, -0.25) is 0 Å². The van der Waals surface area contributed by atoms with Crippen LogP contribution in [0.5, 0.6) is 0 Å². The lowest BCUT2D eigenvalue weighted by Crippen LogP contribution is -2.34. The van der Waals surface area contributed by atoms with Gasteiger partial charge in [0.05, 0.1) is 6.10 Å². The number of methoxy groups -OCH3 is 1. The summed E-state index contributed by atoms with van der Waals surface area (Å²) in [4.78, 5) is 0. The van der Waals surface area contributed by atoms with Crippen molar-refractivity contribution < 1.29 is 4.74 Å². The van der Waals surface area contributed by atoms with E-state index in [4.69, 9.17) is 10.5 Å². The molecule has 0 aromatic rings. The van der Waals surface area contributed by atoms with Gasteiger partial charge in [0.15, 0.2) is 0 Å². The second-order valence-corrected chi connectivity index (χ2v) is 3.95. The average Bonchev–Trinajstić information content (AvgIpc) is 2.72. The first-order chi connectivity index (χ1) is 4.79. The molecule has 1 atom stereocenters. The van der Waals surface area contributed by atoms with E-state index in [-0.39, 0.29) is 6.10 Å². The summed E-state index contributed by atoms with van der Waals surface area (Å²) in [6, 6.07) is 0. The van der Waals surface area contributed by atoms with E-state index < -0.39 is 0 Å². The van der Waals surface area contributed by atoms with Gasteiger partial charge in [-0.15, -0.1) is 0 Å². The third-order valence-electron chi connectivity index (χ3n) is 2.23. The third-order valence-corrected chi connectivity index (χ3v) is 3.72. The normalized spacial score (nSPS) is 24.3. The fourth-order valence-corrected chi connectivity index (χ4v) is 2.27. The van der Waals surface area contributed by atoms with Gasteiger partial charge < -0.3 is 10.5 Å². The first kappa shape index (κ1) is 8.37. The van der Waals surface area contributed by atoms with Crippen molar-refractivity contribution in [1.29, 1.82) is 0 Å². The maximum Gasteiger partial charge on any atom is 0.0839 e. The third kappa shape index (κ3) is 1.31. The summed E-state index contributed by atoms with van der Waals surface area (Å²) < 4.78 is 5.65. The number of hydrogen-bond acceptors (Lipinski definition) is 3. The molecule has 1 unspecified atom stereocenters. The zero-order valence-corrected chi connectivity index (χ0v) is 7.41. The molecule has 0 aromatic heterocycles. The summed E-state index contributed by atoms with van der Waals surface area (Å²) in [5.41, 5.74) is 5.55. The minimum Gasteiger partial charge on any atom is -0.379 e. The zero-order valence-electron chi connectivity index (χ0n) is 6.59. The van der Waals surface area contributed by atoms with E-state index in [0.717, 1.165) is 0 Å². The molecule has 0 saturated heterocycles. The highest BCUT2D eigenvalue weighted by atomic mass is 32.2. The smallest absolute Gasteiger partial charge is 0.0839 e. The van der Waals surface area contributed by atoms with Gasteiger partial charge in [0.25, 0.3) is 0 Å². The van der Waals surface area contributed by atoms with Crippen LogP contribution in [0.3, 0.4) is 0 Å². The van der Waals surface area contributed by atoms with Crippen molar-refractivity contribution in [3.05, 3.63) is 0 Å². The van der Waals surface area contributed by atoms with Crippen LogP contribution in [0.15, 0.2) is 0 Å². The lowest BCUT2D eigenvalue weighted by atomic mass is 10.2. The van der Waals surface area contributed by atoms with Gasteiger partial charge in [-0.25, -0.2) is 0 Å². The van der Waals surface area contributed by atoms with Gasteiger partial charge in [0.1, 0.15) is 0 Å². The summed E-state index contributed by atoms with van der Waals surface area (Å²) in [5, 5.41) is 0. The molecule has 0 heterocycles. The van der Waals surface area contributed by atoms with Gasteiger partial charge in [0, 0.05) is 18.4 Å². The first-order valence-corrected chi connectivity index (χ1v) is 4.79. The fraction of sp³-hybridized carbons (Fsp3) is 1.00. The molecule has 60 valence electrons. The lowest BCUT2D eigenvalue weighted by Gasteiger charge is -2.21. The minimum atomic E-state index is 0.266. The molecular weight excluding hydrogens is 146 g/mol. The Morgan fingerprint density at radius 2 is 2.30 bits per heavy atom. The van der Waals surface area contributed by atoms with E-state index in [9.17, 15) is 0 Å². The standard InChI is InChI=1S/C7H15NOS/c1-9-6(5-8)7(10-2)3-4-7/h6H,3-5,8H2,1-2H3. The molecule has 3 heteroatoms. The van der Waals surface area contributed by atoms with Crippen molar-refractivity contribution in [1.82, 2.24) is 0 Å². The number of thioether (sulfide) groups is 1. The van der Waals surface area contributed by atoms with Crippen molar-refractivity contribution >= 4 is 11.8 Å². The number of hydrogen-bond donors (Lipinski definition) is 1. The maximum atomic E-state index is 5.55. The Morgan fingerprint density at radius 1 is 1.70 bits per heavy atom. The number of ether oxygens (including phenoxy) is 1. The molecule has 10 heavy (non-hydrogen) atoms. The zero-order chi connectivity index (χ0) is 7.61. The van der Waals surface area contributed by atoms with Crippen LogP contribution in [0.1, 0.15) is 12.8 Å². The van der Waals surface area contributed by atoms with Crippen molar-refractivity contribution in [3.63, 3.8) is 0 Å². The number of rotatable bonds is 4. The van der Waals surface area contributed by atoms with Crippen molar-refractivity contribution in [2.24, 2.45) is 5.73 Å². The topological polar surface area (TPSA) is 35.2 Å². The summed E-state index contributed by atoms with van der Waals surface area (Å²) in [5.74, 6) is 0. The Labute approximate surface area is 66.5 Å². The molecule has 0 radical (unpaired) electrons. The molecule has 0 amide bonds. The van der Waals surface area contributed by atoms with E-state index >= 15 is 0 Å². The first-order valence-electron chi connectivity index (χ1n) is 3.57. The largest absolute Gasteiger partial charge is 0.379 e. The van der Waals surface area contributed by atoms with Crippen molar-refractivity contribution in [3.8, 4) is 0 Å². The fourth-order valence-electron chi connectivity index (χ4n) is 1.31. The molecule has 1 aliphatic carbocycles. The average molecular weight is 161 g/mol. The Bertz CT molecular complexity index is 110. The molecular formula is C7H15NOS. The molecule has 2 N–H and O–H groups in total. The lowest BCUT2D eigenvalue weighted by molar-refractivity contribution is 0.102. The molecule has 1 saturated carbocycles. The Hall–Kier alpha value is 0.270. The predicted molar refractivity (Wildman–Crippen MR) is 45.3 cm³/mol. The maximum absolute atomic E-state index is 5.55. The monoisotopic (exact) mass is 161 g/mol. The van der Waals surface area contributed by atoms with E-state index in [1.807, 2.05) is 11.8 Å². The Morgan fingerprint density at radius 3 is 2.40 bits per heavy atom. The van der Waals surface area contributed by atoms with Crippen LogP contribution in [-0.4, -0.2) is 30.8 Å². The van der Waals surface area contributed by atoms with Gasteiger partial charge in [0.2, 0.25) is 0 Å². The second-order valence-electron chi connectivity index (χ2n) is 2.73. The molecule has 0 spiro atoms. The highest BCUT2D eigenvalue weighted by molar-refractivity contribution is 8.00. The van der Waals surface area contributed by atoms with Crippen LogP contribution in [0.4, 0.5) is 0 Å². The molecule has 1 aliphatic rings. The van der Waals surface area contributed by atoms with Crippen molar-refractivity contribution in [2.75, 3.05) is 19.9 Å². The highest BCUT2D eigenvalue weighted by Gasteiger charge is 2.48. The summed E-state index contributed by atoms with van der Waals surface area (Å²) in [7, 11) is 1.74. The highest BCUT2D eigenvalue weighted by Crippen LogP contribution is 2.50. The van der Waals surface area contributed by atoms with Crippen LogP contribution in [0.25, 0.3) is 0 Å². The SMILES string of the molecule is COC(CN)C1(SC)CC1. The summed E-state index contributed by atoms with van der Waals surface area (Å²) in [6.45, 7) is 0.650. The van der Waals surface area contributed by atoms with Crippen LogP contribution in [0, 0.1) is 0 Å². The van der Waals surface area contributed by atoms with Gasteiger partial charge in [-0.1, -0.05) is 0 Å². The van der Waals surface area contributed by atoms with Crippen LogP contribution >= 0.6 is 11.8 Å². The van der Waals surface area contributed by atoms with Gasteiger partial charge in [-0.05, 0) is 19.1 Å². The second kappa shape index (κ2) is 3.11. The molecule has 2 nitrogen and oxygen atoms in total. The van der Waals surface area contributed by atoms with E-state index in [1.54, 1.807) is 7.11 Å². The van der Waals surface area contributed by atoms with Crippen LogP contribution < -0.4 is 5.73 Å². The van der Waals surface area contributed by atoms with Crippen LogP contribution in [-0.2, 0) is 4.74 Å². The van der Waals surface area contributed by atoms with Gasteiger partial charge in [-0.2, -0.15) is 11.8 Å². The molecule has 0 aromatic carbocycles.